The molecule has 0 aliphatic carbocycles. The van der Waals surface area contributed by atoms with Crippen LogP contribution in [0.4, 0.5) is 10.5 Å². The van der Waals surface area contributed by atoms with Crippen molar-refractivity contribution < 1.29 is 4.79 Å². The molecule has 0 bridgehead atoms. The summed E-state index contributed by atoms with van der Waals surface area (Å²) in [5.74, 6) is 0. The predicted octanol–water partition coefficient (Wildman–Crippen LogP) is 3.05. The van der Waals surface area contributed by atoms with Crippen LogP contribution < -0.4 is 4.90 Å². The highest BCUT2D eigenvalue weighted by Gasteiger charge is 2.28. The van der Waals surface area contributed by atoms with Crippen molar-refractivity contribution in [2.24, 2.45) is 0 Å². The molecule has 96 valence electrons. The van der Waals surface area contributed by atoms with Gasteiger partial charge in [0.05, 0.1) is 0 Å². The molecule has 0 saturated carbocycles. The quantitative estimate of drug-likeness (QED) is 0.688. The molecule has 1 saturated heterocycles. The molecule has 0 atom stereocenters. The molecule has 3 rings (SSSR count). The van der Waals surface area contributed by atoms with E-state index in [0.29, 0.717) is 0 Å². The summed E-state index contributed by atoms with van der Waals surface area (Å²) in [7, 11) is 0. The molecule has 0 spiro atoms. The molecule has 2 aliphatic heterocycles. The van der Waals surface area contributed by atoms with Crippen LogP contribution in [-0.2, 0) is 6.42 Å². The second kappa shape index (κ2) is 5.01. The van der Waals surface area contributed by atoms with Crippen LogP contribution in [0.3, 0.4) is 0 Å². The van der Waals surface area contributed by atoms with E-state index in [0.717, 1.165) is 44.6 Å². The average Bonchev–Trinajstić information content (AvgIpc) is 2.65. The van der Waals surface area contributed by atoms with Crippen molar-refractivity contribution in [3.63, 3.8) is 0 Å². The van der Waals surface area contributed by atoms with Crippen LogP contribution in [0.25, 0.3) is 0 Å². The molecule has 0 radical (unpaired) electrons. The van der Waals surface area contributed by atoms with Gasteiger partial charge in [-0.2, -0.15) is 0 Å². The zero-order chi connectivity index (χ0) is 12.4. The summed E-state index contributed by atoms with van der Waals surface area (Å²) in [5, 5.41) is 0. The molecule has 2 heterocycles. The summed E-state index contributed by atoms with van der Waals surface area (Å²) in [6.07, 6.45) is 5.83. The fraction of sp³-hybridized carbons (Fsp3) is 0.533. The zero-order valence-corrected chi connectivity index (χ0v) is 10.8. The number of carbonyl (C=O) groups excluding carboxylic acids is 1. The monoisotopic (exact) mass is 244 g/mol. The summed E-state index contributed by atoms with van der Waals surface area (Å²) >= 11 is 0. The zero-order valence-electron chi connectivity index (χ0n) is 10.8. The molecule has 18 heavy (non-hydrogen) atoms. The largest absolute Gasteiger partial charge is 0.324 e. The van der Waals surface area contributed by atoms with E-state index >= 15 is 0 Å². The van der Waals surface area contributed by atoms with E-state index in [1.54, 1.807) is 0 Å². The Kier molecular flexibility index (Phi) is 3.22. The van der Waals surface area contributed by atoms with Crippen LogP contribution in [0, 0.1) is 0 Å². The fourth-order valence-corrected chi connectivity index (χ4v) is 2.97. The molecular formula is C15H20N2O. The van der Waals surface area contributed by atoms with Crippen LogP contribution in [0.1, 0.15) is 31.2 Å². The smallest absolute Gasteiger partial charge is 0.324 e. The van der Waals surface area contributed by atoms with Gasteiger partial charge in [-0.1, -0.05) is 31.0 Å². The number of fused-ring (bicyclic) bond motifs is 1. The van der Waals surface area contributed by atoms with Crippen LogP contribution in [0.5, 0.6) is 0 Å². The lowest BCUT2D eigenvalue weighted by molar-refractivity contribution is 0.207. The lowest BCUT2D eigenvalue weighted by Crippen LogP contribution is -2.43. The molecule has 0 aromatic heterocycles. The maximum Gasteiger partial charge on any atom is 0.324 e. The standard InChI is InChI=1S/C15H20N2O/c18-15(16-10-5-1-2-6-11-16)17-12-9-13-7-3-4-8-14(13)17/h3-4,7-8H,1-2,5-6,9-12H2. The molecule has 1 fully saturated rings. The number of urea groups is 1. The maximum atomic E-state index is 12.6. The Morgan fingerprint density at radius 1 is 0.944 bits per heavy atom. The van der Waals surface area contributed by atoms with Crippen LogP contribution >= 0.6 is 0 Å². The van der Waals surface area contributed by atoms with Crippen molar-refractivity contribution >= 4 is 11.7 Å². The molecule has 2 amide bonds. The Hall–Kier alpha value is -1.51. The van der Waals surface area contributed by atoms with Crippen LogP contribution in [0.2, 0.25) is 0 Å². The first-order chi connectivity index (χ1) is 8.86. The van der Waals surface area contributed by atoms with Gasteiger partial charge in [-0.05, 0) is 30.9 Å². The Labute approximate surface area is 108 Å². The van der Waals surface area contributed by atoms with Gasteiger partial charge in [0, 0.05) is 25.3 Å². The van der Waals surface area contributed by atoms with E-state index in [1.807, 2.05) is 15.9 Å². The number of hydrogen-bond acceptors (Lipinski definition) is 1. The van der Waals surface area contributed by atoms with E-state index in [-0.39, 0.29) is 6.03 Å². The number of anilines is 1. The molecule has 2 aliphatic rings. The highest BCUT2D eigenvalue weighted by atomic mass is 16.2. The molecule has 1 aromatic rings. The average molecular weight is 244 g/mol. The van der Waals surface area contributed by atoms with Gasteiger partial charge in [0.25, 0.3) is 0 Å². The van der Waals surface area contributed by atoms with E-state index in [1.165, 1.54) is 18.4 Å². The molecule has 3 heteroatoms. The normalized spacial score (nSPS) is 19.6. The lowest BCUT2D eigenvalue weighted by Gasteiger charge is -2.27. The summed E-state index contributed by atoms with van der Waals surface area (Å²) in [4.78, 5) is 16.6. The summed E-state index contributed by atoms with van der Waals surface area (Å²) < 4.78 is 0. The first-order valence-corrected chi connectivity index (χ1v) is 7.00. The second-order valence-electron chi connectivity index (χ2n) is 5.21. The van der Waals surface area contributed by atoms with Gasteiger partial charge in [0.2, 0.25) is 0 Å². The maximum absolute atomic E-state index is 12.6. The second-order valence-corrected chi connectivity index (χ2v) is 5.21. The number of rotatable bonds is 0. The van der Waals surface area contributed by atoms with Gasteiger partial charge in [-0.3, -0.25) is 4.90 Å². The van der Waals surface area contributed by atoms with E-state index in [2.05, 4.69) is 18.2 Å². The van der Waals surface area contributed by atoms with Gasteiger partial charge < -0.3 is 4.90 Å². The first-order valence-electron chi connectivity index (χ1n) is 7.00. The SMILES string of the molecule is O=C(N1CCCCCC1)N1CCc2ccccc21. The Balaban J connectivity index is 1.77. The topological polar surface area (TPSA) is 23.6 Å². The van der Waals surface area contributed by atoms with Crippen molar-refractivity contribution in [3.05, 3.63) is 29.8 Å². The third-order valence-corrected chi connectivity index (χ3v) is 3.99. The first kappa shape index (κ1) is 11.6. The molecular weight excluding hydrogens is 224 g/mol. The minimum atomic E-state index is 0.210. The predicted molar refractivity (Wildman–Crippen MR) is 72.9 cm³/mol. The number of para-hydroxylation sites is 1. The van der Waals surface area contributed by atoms with Crippen molar-refractivity contribution in [1.82, 2.24) is 4.90 Å². The van der Waals surface area contributed by atoms with Gasteiger partial charge in [0.15, 0.2) is 0 Å². The van der Waals surface area contributed by atoms with Gasteiger partial charge in [-0.25, -0.2) is 4.79 Å². The van der Waals surface area contributed by atoms with Crippen molar-refractivity contribution in [1.29, 1.82) is 0 Å². The molecule has 3 nitrogen and oxygen atoms in total. The number of amides is 2. The summed E-state index contributed by atoms with van der Waals surface area (Å²) in [6, 6.07) is 8.48. The number of carbonyl (C=O) groups is 1. The highest BCUT2D eigenvalue weighted by molar-refractivity contribution is 5.94. The highest BCUT2D eigenvalue weighted by Crippen LogP contribution is 2.28. The van der Waals surface area contributed by atoms with Gasteiger partial charge in [-0.15, -0.1) is 0 Å². The van der Waals surface area contributed by atoms with Crippen LogP contribution in [-0.4, -0.2) is 30.6 Å². The van der Waals surface area contributed by atoms with Crippen molar-refractivity contribution in [2.75, 3.05) is 24.5 Å². The minimum absolute atomic E-state index is 0.210. The third-order valence-electron chi connectivity index (χ3n) is 3.99. The fourth-order valence-electron chi connectivity index (χ4n) is 2.97. The Bertz CT molecular complexity index is 436. The molecule has 0 unspecified atom stereocenters. The minimum Gasteiger partial charge on any atom is -0.324 e. The number of hydrogen-bond donors (Lipinski definition) is 0. The van der Waals surface area contributed by atoms with E-state index in [4.69, 9.17) is 0 Å². The van der Waals surface area contributed by atoms with Gasteiger partial charge >= 0.3 is 6.03 Å². The van der Waals surface area contributed by atoms with E-state index in [9.17, 15) is 4.79 Å². The van der Waals surface area contributed by atoms with E-state index < -0.39 is 0 Å². The number of likely N-dealkylation sites (tertiary alicyclic amines) is 1. The number of benzene rings is 1. The van der Waals surface area contributed by atoms with Crippen molar-refractivity contribution in [3.8, 4) is 0 Å². The van der Waals surface area contributed by atoms with Gasteiger partial charge in [0.1, 0.15) is 0 Å². The van der Waals surface area contributed by atoms with Crippen LogP contribution in [0.15, 0.2) is 24.3 Å². The lowest BCUT2D eigenvalue weighted by atomic mass is 10.2. The van der Waals surface area contributed by atoms with Crippen molar-refractivity contribution in [2.45, 2.75) is 32.1 Å². The Morgan fingerprint density at radius 3 is 2.44 bits per heavy atom. The summed E-state index contributed by atoms with van der Waals surface area (Å²) in [6.45, 7) is 2.70. The molecule has 0 N–H and O–H groups in total. The summed E-state index contributed by atoms with van der Waals surface area (Å²) in [5.41, 5.74) is 2.42. The number of nitrogens with zero attached hydrogens (tertiary/aromatic N) is 2. The third kappa shape index (κ3) is 2.09. The molecule has 1 aromatic carbocycles. The Morgan fingerprint density at radius 2 is 1.67 bits per heavy atom.